The van der Waals surface area contributed by atoms with Crippen LogP contribution in [0.5, 0.6) is 0 Å². The summed E-state index contributed by atoms with van der Waals surface area (Å²) in [6.45, 7) is 2.08. The molecule has 1 aromatic carbocycles. The van der Waals surface area contributed by atoms with Crippen LogP contribution in [-0.2, 0) is 0 Å². The van der Waals surface area contributed by atoms with Gasteiger partial charge in [-0.2, -0.15) is 0 Å². The maximum atomic E-state index is 5.60. The van der Waals surface area contributed by atoms with Crippen LogP contribution in [0.1, 0.15) is 11.1 Å². The summed E-state index contributed by atoms with van der Waals surface area (Å²) >= 11 is 5.60. The Morgan fingerprint density at radius 1 is 1.31 bits per heavy atom. The molecule has 0 spiro atoms. The van der Waals surface area contributed by atoms with E-state index in [0.29, 0.717) is 0 Å². The first-order chi connectivity index (χ1) is 6.29. The first-order valence-corrected chi connectivity index (χ1v) is 4.59. The Kier molecular flexibility index (Phi) is 2.11. The lowest BCUT2D eigenvalue weighted by molar-refractivity contribution is 1.40. The maximum absolute atomic E-state index is 5.60. The molecule has 0 aliphatic carbocycles. The van der Waals surface area contributed by atoms with Crippen molar-refractivity contribution in [1.82, 2.24) is 0 Å². The van der Waals surface area contributed by atoms with E-state index in [9.17, 15) is 0 Å². The minimum absolute atomic E-state index is 0.929. The first-order valence-electron chi connectivity index (χ1n) is 4.16. The van der Waals surface area contributed by atoms with Crippen molar-refractivity contribution in [3.63, 3.8) is 0 Å². The minimum atomic E-state index is 0.929. The van der Waals surface area contributed by atoms with Gasteiger partial charge in [0.05, 0.1) is 0 Å². The molecule has 2 heteroatoms. The van der Waals surface area contributed by atoms with Crippen molar-refractivity contribution in [1.29, 1.82) is 0 Å². The second-order valence-corrected chi connectivity index (χ2v) is 3.33. The van der Waals surface area contributed by atoms with Crippen LogP contribution in [0.4, 0.5) is 5.69 Å². The van der Waals surface area contributed by atoms with E-state index < -0.39 is 0 Å². The normalized spacial score (nSPS) is 16.9. The number of anilines is 1. The van der Waals surface area contributed by atoms with Gasteiger partial charge in [-0.1, -0.05) is 29.3 Å². The summed E-state index contributed by atoms with van der Waals surface area (Å²) in [7, 11) is 0. The molecule has 1 N–H and O–H groups in total. The van der Waals surface area contributed by atoms with Gasteiger partial charge in [-0.05, 0) is 30.7 Å². The van der Waals surface area contributed by atoms with Gasteiger partial charge in [0.25, 0.3) is 0 Å². The molecule has 0 bridgehead atoms. The van der Waals surface area contributed by atoms with E-state index in [2.05, 4.69) is 36.5 Å². The number of nitrogens with one attached hydrogen (secondary N) is 1. The molecule has 0 amide bonds. The van der Waals surface area contributed by atoms with E-state index >= 15 is 0 Å². The monoisotopic (exact) mass is 191 g/mol. The van der Waals surface area contributed by atoms with Crippen LogP contribution in [0.15, 0.2) is 35.5 Å². The second kappa shape index (κ2) is 3.27. The molecule has 1 aromatic rings. The van der Waals surface area contributed by atoms with Gasteiger partial charge in [0.2, 0.25) is 0 Å². The smallest absolute Gasteiger partial charge is 0.0499 e. The van der Waals surface area contributed by atoms with Crippen LogP contribution < -0.4 is 5.32 Å². The SMILES string of the molecule is Cc1ccc2c(c1)C=CC(=CCl)N2. The topological polar surface area (TPSA) is 12.0 Å². The molecule has 0 aromatic heterocycles. The van der Waals surface area contributed by atoms with E-state index in [1.807, 2.05) is 6.08 Å². The van der Waals surface area contributed by atoms with Gasteiger partial charge in [0.15, 0.2) is 0 Å². The molecule has 66 valence electrons. The van der Waals surface area contributed by atoms with Gasteiger partial charge < -0.3 is 5.32 Å². The Balaban J connectivity index is 2.47. The zero-order valence-corrected chi connectivity index (χ0v) is 8.10. The van der Waals surface area contributed by atoms with Gasteiger partial charge >= 0.3 is 0 Å². The van der Waals surface area contributed by atoms with Gasteiger partial charge in [0.1, 0.15) is 0 Å². The van der Waals surface area contributed by atoms with Crippen LogP contribution in [-0.4, -0.2) is 0 Å². The van der Waals surface area contributed by atoms with Crippen molar-refractivity contribution in [3.8, 4) is 0 Å². The molecule has 0 fully saturated rings. The van der Waals surface area contributed by atoms with Crippen molar-refractivity contribution >= 4 is 23.4 Å². The van der Waals surface area contributed by atoms with Gasteiger partial charge in [0, 0.05) is 16.9 Å². The molecule has 1 aliphatic rings. The highest BCUT2D eigenvalue weighted by Crippen LogP contribution is 2.25. The van der Waals surface area contributed by atoms with Crippen molar-refractivity contribution < 1.29 is 0 Å². The predicted octanol–water partition coefficient (Wildman–Crippen LogP) is 3.51. The highest BCUT2D eigenvalue weighted by molar-refractivity contribution is 6.26. The lowest BCUT2D eigenvalue weighted by atomic mass is 10.1. The number of fused-ring (bicyclic) bond motifs is 1. The summed E-state index contributed by atoms with van der Waals surface area (Å²) in [5, 5.41) is 3.22. The number of allylic oxidation sites excluding steroid dienone is 1. The summed E-state index contributed by atoms with van der Waals surface area (Å²) in [5.41, 5.74) is 6.06. The number of halogens is 1. The Bertz CT molecular complexity index is 391. The van der Waals surface area contributed by atoms with Gasteiger partial charge in [-0.15, -0.1) is 0 Å². The third kappa shape index (κ3) is 1.61. The molecule has 13 heavy (non-hydrogen) atoms. The molecular formula is C11H10ClN. The third-order valence-corrected chi connectivity index (χ3v) is 2.28. The molecule has 0 atom stereocenters. The molecule has 0 saturated heterocycles. The molecule has 1 aliphatic heterocycles. The van der Waals surface area contributed by atoms with Crippen molar-refractivity contribution in [2.45, 2.75) is 6.92 Å². The Morgan fingerprint density at radius 2 is 2.15 bits per heavy atom. The molecule has 0 radical (unpaired) electrons. The summed E-state index contributed by atoms with van der Waals surface area (Å²) in [5.74, 6) is 0. The van der Waals surface area contributed by atoms with Crippen LogP contribution in [0.2, 0.25) is 0 Å². The molecule has 1 nitrogen and oxygen atoms in total. The second-order valence-electron chi connectivity index (χ2n) is 3.11. The van der Waals surface area contributed by atoms with Crippen molar-refractivity contribution in [2.24, 2.45) is 0 Å². The summed E-state index contributed by atoms with van der Waals surface area (Å²) in [6, 6.07) is 6.29. The van der Waals surface area contributed by atoms with E-state index in [1.165, 1.54) is 11.1 Å². The summed E-state index contributed by atoms with van der Waals surface area (Å²) in [6.07, 6.45) is 4.03. The quantitative estimate of drug-likeness (QED) is 0.662. The molecule has 0 saturated carbocycles. The summed E-state index contributed by atoms with van der Waals surface area (Å²) < 4.78 is 0. The number of rotatable bonds is 0. The van der Waals surface area contributed by atoms with Crippen molar-refractivity contribution in [3.05, 3.63) is 46.6 Å². The maximum Gasteiger partial charge on any atom is 0.0499 e. The Labute approximate surface area is 82.7 Å². The number of hydrogen-bond donors (Lipinski definition) is 1. The largest absolute Gasteiger partial charge is 0.354 e. The highest BCUT2D eigenvalue weighted by atomic mass is 35.5. The fourth-order valence-corrected chi connectivity index (χ4v) is 1.50. The van der Waals surface area contributed by atoms with Crippen LogP contribution in [0.3, 0.4) is 0 Å². The standard InChI is InChI=1S/C11H10ClN/c1-8-2-5-11-9(6-8)3-4-10(7-12)13-11/h2-7,13H,1H3. The van der Waals surface area contributed by atoms with Gasteiger partial charge in [-0.25, -0.2) is 0 Å². The van der Waals surface area contributed by atoms with E-state index in [1.54, 1.807) is 5.54 Å². The van der Waals surface area contributed by atoms with E-state index in [-0.39, 0.29) is 0 Å². The van der Waals surface area contributed by atoms with Crippen molar-refractivity contribution in [2.75, 3.05) is 5.32 Å². The third-order valence-electron chi connectivity index (χ3n) is 2.05. The Hall–Kier alpha value is -1.21. The predicted molar refractivity (Wildman–Crippen MR) is 57.8 cm³/mol. The zero-order chi connectivity index (χ0) is 9.26. The van der Waals surface area contributed by atoms with Crippen LogP contribution >= 0.6 is 11.6 Å². The summed E-state index contributed by atoms with van der Waals surface area (Å²) in [4.78, 5) is 0. The van der Waals surface area contributed by atoms with Crippen LogP contribution in [0, 0.1) is 6.92 Å². The molecule has 1 heterocycles. The number of aryl methyl sites for hydroxylation is 1. The first kappa shape index (κ1) is 8.39. The average molecular weight is 192 g/mol. The van der Waals surface area contributed by atoms with Crippen LogP contribution in [0.25, 0.3) is 6.08 Å². The zero-order valence-electron chi connectivity index (χ0n) is 7.34. The fraction of sp³-hybridized carbons (Fsp3) is 0.0909. The molecular weight excluding hydrogens is 182 g/mol. The minimum Gasteiger partial charge on any atom is -0.354 e. The molecule has 2 rings (SSSR count). The lowest BCUT2D eigenvalue weighted by Crippen LogP contribution is -2.02. The number of benzene rings is 1. The van der Waals surface area contributed by atoms with E-state index in [0.717, 1.165) is 11.4 Å². The Morgan fingerprint density at radius 3 is 2.92 bits per heavy atom. The van der Waals surface area contributed by atoms with Gasteiger partial charge in [-0.3, -0.25) is 0 Å². The highest BCUT2D eigenvalue weighted by Gasteiger charge is 2.05. The number of hydrogen-bond acceptors (Lipinski definition) is 1. The van der Waals surface area contributed by atoms with E-state index in [4.69, 9.17) is 11.6 Å². The average Bonchev–Trinajstić information content (AvgIpc) is 2.17. The molecule has 0 unspecified atom stereocenters. The fourth-order valence-electron chi connectivity index (χ4n) is 1.37. The lowest BCUT2D eigenvalue weighted by Gasteiger charge is -2.15.